The SMILES string of the molecule is CC(C)Oc1ccnc2c(C(=O)Nc3cnccc3N3CCC[C@@H](N)C3)c(N)sc12. The van der Waals surface area contributed by atoms with Crippen molar-refractivity contribution in [3.63, 3.8) is 0 Å². The number of carbonyl (C=O) groups is 1. The van der Waals surface area contributed by atoms with Gasteiger partial charge in [-0.15, -0.1) is 11.3 Å². The Morgan fingerprint density at radius 3 is 2.97 bits per heavy atom. The second-order valence-corrected chi connectivity index (χ2v) is 8.74. The molecule has 0 bridgehead atoms. The molecule has 0 radical (unpaired) electrons. The molecule has 0 aromatic carbocycles. The van der Waals surface area contributed by atoms with Crippen LogP contribution in [0.2, 0.25) is 0 Å². The number of thiophene rings is 1. The molecule has 30 heavy (non-hydrogen) atoms. The normalized spacial score (nSPS) is 16.8. The second kappa shape index (κ2) is 8.45. The third-order valence-electron chi connectivity index (χ3n) is 5.00. The number of piperidine rings is 1. The maximum Gasteiger partial charge on any atom is 0.260 e. The van der Waals surface area contributed by atoms with Crippen molar-refractivity contribution in [2.75, 3.05) is 29.0 Å². The summed E-state index contributed by atoms with van der Waals surface area (Å²) in [5, 5.41) is 3.38. The molecule has 3 aromatic rings. The van der Waals surface area contributed by atoms with Crippen LogP contribution in [0.15, 0.2) is 30.7 Å². The Hall–Kier alpha value is -2.91. The highest BCUT2D eigenvalue weighted by atomic mass is 32.1. The standard InChI is InChI=1S/C21H26N6O2S/c1-12(2)29-16-6-8-25-18-17(20(23)30-19(16)18)21(28)26-14-10-24-7-5-15(14)27-9-3-4-13(22)11-27/h5-8,10,12-13H,3-4,9,11,22-23H2,1-2H3,(H,26,28)/t13-/m1/s1. The summed E-state index contributed by atoms with van der Waals surface area (Å²) in [6.45, 7) is 5.54. The van der Waals surface area contributed by atoms with Crippen LogP contribution in [0.4, 0.5) is 16.4 Å². The fourth-order valence-corrected chi connectivity index (χ4v) is 4.70. The summed E-state index contributed by atoms with van der Waals surface area (Å²) in [5.41, 5.74) is 14.8. The number of nitrogens with one attached hydrogen (secondary N) is 1. The fourth-order valence-electron chi connectivity index (χ4n) is 3.72. The molecule has 0 unspecified atom stereocenters. The average Bonchev–Trinajstić information content (AvgIpc) is 3.05. The Kier molecular flexibility index (Phi) is 5.74. The van der Waals surface area contributed by atoms with Crippen LogP contribution in [0.25, 0.3) is 10.2 Å². The number of rotatable bonds is 5. The first-order valence-electron chi connectivity index (χ1n) is 10.0. The van der Waals surface area contributed by atoms with E-state index in [4.69, 9.17) is 16.2 Å². The highest BCUT2D eigenvalue weighted by Crippen LogP contribution is 2.39. The molecule has 5 N–H and O–H groups in total. The largest absolute Gasteiger partial charge is 0.489 e. The van der Waals surface area contributed by atoms with Gasteiger partial charge in [-0.1, -0.05) is 0 Å². The monoisotopic (exact) mass is 426 g/mol. The number of pyridine rings is 2. The minimum Gasteiger partial charge on any atom is -0.489 e. The van der Waals surface area contributed by atoms with Gasteiger partial charge in [0.15, 0.2) is 0 Å². The van der Waals surface area contributed by atoms with E-state index in [1.807, 2.05) is 19.9 Å². The molecular weight excluding hydrogens is 400 g/mol. The van der Waals surface area contributed by atoms with Gasteiger partial charge in [-0.05, 0) is 38.8 Å². The molecule has 1 amide bonds. The van der Waals surface area contributed by atoms with E-state index in [1.165, 1.54) is 11.3 Å². The molecule has 4 heterocycles. The maximum absolute atomic E-state index is 13.2. The molecule has 0 aliphatic carbocycles. The maximum atomic E-state index is 13.2. The molecule has 1 atom stereocenters. The van der Waals surface area contributed by atoms with E-state index < -0.39 is 0 Å². The van der Waals surface area contributed by atoms with E-state index in [9.17, 15) is 4.79 Å². The van der Waals surface area contributed by atoms with E-state index in [-0.39, 0.29) is 18.1 Å². The van der Waals surface area contributed by atoms with Crippen molar-refractivity contribution >= 4 is 43.8 Å². The fraction of sp³-hybridized carbons (Fsp3) is 0.381. The number of nitrogen functional groups attached to an aromatic ring is 1. The number of carbonyl (C=O) groups excluding carboxylic acids is 1. The molecule has 8 nitrogen and oxygen atoms in total. The first-order valence-corrected chi connectivity index (χ1v) is 10.8. The number of hydrogen-bond acceptors (Lipinski definition) is 8. The average molecular weight is 427 g/mol. The van der Waals surface area contributed by atoms with Gasteiger partial charge in [-0.3, -0.25) is 14.8 Å². The lowest BCUT2D eigenvalue weighted by Gasteiger charge is -2.33. The predicted molar refractivity (Wildman–Crippen MR) is 121 cm³/mol. The lowest BCUT2D eigenvalue weighted by Crippen LogP contribution is -2.43. The quantitative estimate of drug-likeness (QED) is 0.573. The molecule has 0 saturated carbocycles. The summed E-state index contributed by atoms with van der Waals surface area (Å²) in [6.07, 6.45) is 7.03. The zero-order chi connectivity index (χ0) is 21.3. The van der Waals surface area contributed by atoms with E-state index >= 15 is 0 Å². The smallest absolute Gasteiger partial charge is 0.260 e. The van der Waals surface area contributed by atoms with Crippen molar-refractivity contribution in [2.45, 2.75) is 38.8 Å². The number of ether oxygens (including phenoxy) is 1. The Labute approximate surface area is 179 Å². The summed E-state index contributed by atoms with van der Waals surface area (Å²) in [5.74, 6) is 0.360. The van der Waals surface area contributed by atoms with Gasteiger partial charge in [0, 0.05) is 31.5 Å². The Morgan fingerprint density at radius 1 is 1.37 bits per heavy atom. The van der Waals surface area contributed by atoms with Gasteiger partial charge in [0.25, 0.3) is 5.91 Å². The van der Waals surface area contributed by atoms with E-state index in [2.05, 4.69) is 20.2 Å². The summed E-state index contributed by atoms with van der Waals surface area (Å²) in [6, 6.07) is 3.81. The first kappa shape index (κ1) is 20.4. The summed E-state index contributed by atoms with van der Waals surface area (Å²) in [4.78, 5) is 24.0. The van der Waals surface area contributed by atoms with Crippen LogP contribution in [0, 0.1) is 0 Å². The van der Waals surface area contributed by atoms with Gasteiger partial charge in [0.2, 0.25) is 0 Å². The van der Waals surface area contributed by atoms with Crippen LogP contribution in [-0.2, 0) is 0 Å². The zero-order valence-corrected chi connectivity index (χ0v) is 17.9. The van der Waals surface area contributed by atoms with Gasteiger partial charge in [0.1, 0.15) is 16.3 Å². The van der Waals surface area contributed by atoms with Crippen LogP contribution < -0.4 is 26.4 Å². The minimum atomic E-state index is -0.316. The van der Waals surface area contributed by atoms with Crippen molar-refractivity contribution < 1.29 is 9.53 Å². The van der Waals surface area contributed by atoms with Crippen LogP contribution >= 0.6 is 11.3 Å². The highest BCUT2D eigenvalue weighted by molar-refractivity contribution is 7.23. The topological polar surface area (TPSA) is 119 Å². The van der Waals surface area contributed by atoms with Crippen molar-refractivity contribution in [3.05, 3.63) is 36.3 Å². The molecule has 4 rings (SSSR count). The molecule has 1 saturated heterocycles. The van der Waals surface area contributed by atoms with Gasteiger partial charge in [0.05, 0.1) is 33.9 Å². The molecule has 1 aliphatic heterocycles. The molecule has 9 heteroatoms. The molecule has 0 spiro atoms. The van der Waals surface area contributed by atoms with Crippen molar-refractivity contribution in [3.8, 4) is 5.75 Å². The first-order chi connectivity index (χ1) is 14.4. The van der Waals surface area contributed by atoms with Crippen LogP contribution in [0.1, 0.15) is 37.0 Å². The summed E-state index contributed by atoms with van der Waals surface area (Å²) >= 11 is 1.31. The predicted octanol–water partition coefficient (Wildman–Crippen LogP) is 3.24. The lowest BCUT2D eigenvalue weighted by atomic mass is 10.1. The Morgan fingerprint density at radius 2 is 2.20 bits per heavy atom. The van der Waals surface area contributed by atoms with Crippen LogP contribution in [-0.4, -0.2) is 41.1 Å². The summed E-state index contributed by atoms with van der Waals surface area (Å²) < 4.78 is 6.62. The van der Waals surface area contributed by atoms with Gasteiger partial charge >= 0.3 is 0 Å². The third kappa shape index (κ3) is 4.03. The molecule has 158 valence electrons. The number of nitrogens with two attached hydrogens (primary N) is 2. The van der Waals surface area contributed by atoms with Crippen LogP contribution in [0.5, 0.6) is 5.75 Å². The molecule has 1 fully saturated rings. The zero-order valence-electron chi connectivity index (χ0n) is 17.1. The van der Waals surface area contributed by atoms with E-state index in [0.717, 1.165) is 36.3 Å². The number of anilines is 3. The van der Waals surface area contributed by atoms with Crippen molar-refractivity contribution in [1.29, 1.82) is 0 Å². The summed E-state index contributed by atoms with van der Waals surface area (Å²) in [7, 11) is 0. The van der Waals surface area contributed by atoms with E-state index in [1.54, 1.807) is 24.7 Å². The minimum absolute atomic E-state index is 0.00469. The van der Waals surface area contributed by atoms with Crippen molar-refractivity contribution in [2.24, 2.45) is 5.73 Å². The van der Waals surface area contributed by atoms with Gasteiger partial charge in [-0.25, -0.2) is 0 Å². The van der Waals surface area contributed by atoms with Crippen molar-refractivity contribution in [1.82, 2.24) is 9.97 Å². The number of hydrogen-bond donors (Lipinski definition) is 3. The number of fused-ring (bicyclic) bond motifs is 1. The molecule has 3 aromatic heterocycles. The molecular formula is C21H26N6O2S. The van der Waals surface area contributed by atoms with E-state index in [0.29, 0.717) is 27.5 Å². The van der Waals surface area contributed by atoms with Gasteiger partial charge < -0.3 is 26.4 Å². The molecule has 1 aliphatic rings. The second-order valence-electron chi connectivity index (χ2n) is 7.69. The number of nitrogens with zero attached hydrogens (tertiary/aromatic N) is 3. The lowest BCUT2D eigenvalue weighted by molar-refractivity contribution is 0.102. The third-order valence-corrected chi connectivity index (χ3v) is 6.02. The number of amides is 1. The van der Waals surface area contributed by atoms with Crippen LogP contribution in [0.3, 0.4) is 0 Å². The Bertz CT molecular complexity index is 1070. The Balaban J connectivity index is 1.66. The van der Waals surface area contributed by atoms with Gasteiger partial charge in [-0.2, -0.15) is 0 Å². The highest BCUT2D eigenvalue weighted by Gasteiger charge is 2.24. The number of aromatic nitrogens is 2.